The molecule has 0 amide bonds. The lowest BCUT2D eigenvalue weighted by Gasteiger charge is -2.36. The smallest absolute Gasteiger partial charge is 0.120 e. The van der Waals surface area contributed by atoms with Gasteiger partial charge in [0.15, 0.2) is 0 Å². The van der Waals surface area contributed by atoms with Gasteiger partial charge in [0, 0.05) is 31.4 Å². The Morgan fingerprint density at radius 1 is 1.33 bits per heavy atom. The second-order valence-corrected chi connectivity index (χ2v) is 5.82. The topological polar surface area (TPSA) is 24.5 Å². The van der Waals surface area contributed by atoms with E-state index in [1.807, 2.05) is 6.07 Å². The molecule has 3 nitrogen and oxygen atoms in total. The van der Waals surface area contributed by atoms with Gasteiger partial charge in [0.25, 0.3) is 0 Å². The summed E-state index contributed by atoms with van der Waals surface area (Å²) in [6, 6.07) is 8.37. The number of methoxy groups -OCH3 is 1. The van der Waals surface area contributed by atoms with Crippen LogP contribution in [-0.2, 0) is 0 Å². The number of hydrogen-bond donors (Lipinski definition) is 1. The summed E-state index contributed by atoms with van der Waals surface area (Å²) < 4.78 is 5.31. The van der Waals surface area contributed by atoms with Crippen LogP contribution in [-0.4, -0.2) is 33.3 Å². The summed E-state index contributed by atoms with van der Waals surface area (Å²) in [5.41, 5.74) is 1.56. The lowest BCUT2D eigenvalue weighted by atomic mass is 9.91. The van der Waals surface area contributed by atoms with E-state index in [1.54, 1.807) is 7.11 Å². The van der Waals surface area contributed by atoms with E-state index in [4.69, 9.17) is 4.74 Å². The fraction of sp³-hybridized carbons (Fsp3) is 0.600. The van der Waals surface area contributed by atoms with Crippen LogP contribution < -0.4 is 15.0 Å². The molecule has 0 unspecified atom stereocenters. The number of nitrogens with zero attached hydrogens (tertiary/aromatic N) is 1. The van der Waals surface area contributed by atoms with Gasteiger partial charge in [-0.05, 0) is 30.5 Å². The molecule has 1 aromatic rings. The second-order valence-electron chi connectivity index (χ2n) is 5.82. The number of rotatable bonds is 2. The fourth-order valence-corrected chi connectivity index (χ4v) is 2.50. The molecule has 1 aromatic carbocycles. The van der Waals surface area contributed by atoms with Crippen LogP contribution in [0.25, 0.3) is 0 Å². The third kappa shape index (κ3) is 3.39. The molecule has 1 N–H and O–H groups in total. The highest BCUT2D eigenvalue weighted by molar-refractivity contribution is 5.51. The van der Waals surface area contributed by atoms with Crippen molar-refractivity contribution in [1.82, 2.24) is 5.32 Å². The Balaban J connectivity index is 2.17. The average Bonchev–Trinajstić information content (AvgIpc) is 2.34. The Morgan fingerprint density at radius 2 is 2.17 bits per heavy atom. The van der Waals surface area contributed by atoms with Gasteiger partial charge in [-0.15, -0.1) is 0 Å². The molecule has 2 rings (SSSR count). The molecule has 0 atom stereocenters. The molecule has 0 aliphatic carbocycles. The van der Waals surface area contributed by atoms with E-state index in [-0.39, 0.29) is 0 Å². The zero-order valence-corrected chi connectivity index (χ0v) is 11.7. The molecule has 0 saturated carbocycles. The van der Waals surface area contributed by atoms with E-state index in [2.05, 4.69) is 42.3 Å². The summed E-state index contributed by atoms with van der Waals surface area (Å²) in [5.74, 6) is 0.936. The van der Waals surface area contributed by atoms with Gasteiger partial charge in [-0.25, -0.2) is 0 Å². The zero-order chi connectivity index (χ0) is 13.0. The molecule has 0 bridgehead atoms. The van der Waals surface area contributed by atoms with E-state index < -0.39 is 0 Å². The normalized spacial score (nSPS) is 20.1. The SMILES string of the molecule is COc1cccc(N2CCCNCC(C)(C)C2)c1. The van der Waals surface area contributed by atoms with Crippen LogP contribution >= 0.6 is 0 Å². The van der Waals surface area contributed by atoms with Crippen LogP contribution in [0.3, 0.4) is 0 Å². The van der Waals surface area contributed by atoms with Crippen molar-refractivity contribution in [3.63, 3.8) is 0 Å². The van der Waals surface area contributed by atoms with E-state index >= 15 is 0 Å². The second kappa shape index (κ2) is 5.61. The molecule has 1 saturated heterocycles. The van der Waals surface area contributed by atoms with Crippen LogP contribution in [0.15, 0.2) is 24.3 Å². The van der Waals surface area contributed by atoms with E-state index in [1.165, 1.54) is 12.1 Å². The van der Waals surface area contributed by atoms with E-state index in [0.29, 0.717) is 5.41 Å². The molecular formula is C15H24N2O. The van der Waals surface area contributed by atoms with Gasteiger partial charge in [-0.1, -0.05) is 19.9 Å². The Kier molecular flexibility index (Phi) is 4.12. The minimum absolute atomic E-state index is 0.295. The van der Waals surface area contributed by atoms with Crippen LogP contribution in [0.4, 0.5) is 5.69 Å². The van der Waals surface area contributed by atoms with Crippen molar-refractivity contribution in [3.05, 3.63) is 24.3 Å². The monoisotopic (exact) mass is 248 g/mol. The first kappa shape index (κ1) is 13.2. The Labute approximate surface area is 110 Å². The summed E-state index contributed by atoms with van der Waals surface area (Å²) in [6.07, 6.45) is 1.19. The molecule has 18 heavy (non-hydrogen) atoms. The van der Waals surface area contributed by atoms with Crippen molar-refractivity contribution < 1.29 is 4.74 Å². The molecule has 1 aliphatic heterocycles. The minimum Gasteiger partial charge on any atom is -0.497 e. The number of ether oxygens (including phenoxy) is 1. The molecule has 1 aliphatic rings. The predicted molar refractivity (Wildman–Crippen MR) is 76.5 cm³/mol. The molecule has 100 valence electrons. The number of benzene rings is 1. The predicted octanol–water partition coefficient (Wildman–Crippen LogP) is 2.52. The third-order valence-corrected chi connectivity index (χ3v) is 3.42. The van der Waals surface area contributed by atoms with Crippen LogP contribution in [0.1, 0.15) is 20.3 Å². The van der Waals surface area contributed by atoms with Gasteiger partial charge < -0.3 is 15.0 Å². The Bertz CT molecular complexity index is 390. The quantitative estimate of drug-likeness (QED) is 0.870. The zero-order valence-electron chi connectivity index (χ0n) is 11.7. The van der Waals surface area contributed by atoms with Crippen LogP contribution in [0.5, 0.6) is 5.75 Å². The average molecular weight is 248 g/mol. The first-order valence-electron chi connectivity index (χ1n) is 6.70. The highest BCUT2D eigenvalue weighted by Crippen LogP contribution is 2.26. The van der Waals surface area contributed by atoms with Crippen molar-refractivity contribution in [2.45, 2.75) is 20.3 Å². The van der Waals surface area contributed by atoms with Crippen LogP contribution in [0, 0.1) is 5.41 Å². The largest absolute Gasteiger partial charge is 0.497 e. The summed E-state index contributed by atoms with van der Waals surface area (Å²) in [4.78, 5) is 2.48. The maximum absolute atomic E-state index is 5.31. The van der Waals surface area contributed by atoms with Crippen molar-refractivity contribution in [2.24, 2.45) is 5.41 Å². The molecule has 0 radical (unpaired) electrons. The number of nitrogens with one attached hydrogen (secondary N) is 1. The summed E-state index contributed by atoms with van der Waals surface area (Å²) in [5, 5.41) is 3.52. The molecular weight excluding hydrogens is 224 g/mol. The summed E-state index contributed by atoms with van der Waals surface area (Å²) >= 11 is 0. The van der Waals surface area contributed by atoms with Gasteiger partial charge in [0.05, 0.1) is 7.11 Å². The van der Waals surface area contributed by atoms with Gasteiger partial charge in [0.1, 0.15) is 5.75 Å². The Hall–Kier alpha value is -1.22. The van der Waals surface area contributed by atoms with Gasteiger partial charge >= 0.3 is 0 Å². The van der Waals surface area contributed by atoms with Crippen molar-refractivity contribution in [2.75, 3.05) is 38.2 Å². The first-order chi connectivity index (χ1) is 8.61. The number of anilines is 1. The summed E-state index contributed by atoms with van der Waals surface area (Å²) in [7, 11) is 1.72. The highest BCUT2D eigenvalue weighted by Gasteiger charge is 2.23. The van der Waals surface area contributed by atoms with E-state index in [9.17, 15) is 0 Å². The van der Waals surface area contributed by atoms with Crippen LogP contribution in [0.2, 0.25) is 0 Å². The van der Waals surface area contributed by atoms with E-state index in [0.717, 1.165) is 31.9 Å². The third-order valence-electron chi connectivity index (χ3n) is 3.42. The standard InChI is InChI=1S/C15H24N2O/c1-15(2)11-16-8-5-9-17(12-15)13-6-4-7-14(10-13)18-3/h4,6-7,10,16H,5,8-9,11-12H2,1-3H3. The molecule has 0 spiro atoms. The lowest BCUT2D eigenvalue weighted by Crippen LogP contribution is -2.44. The molecule has 3 heteroatoms. The highest BCUT2D eigenvalue weighted by atomic mass is 16.5. The first-order valence-corrected chi connectivity index (χ1v) is 6.70. The Morgan fingerprint density at radius 3 is 2.94 bits per heavy atom. The number of hydrogen-bond acceptors (Lipinski definition) is 3. The molecule has 0 aromatic heterocycles. The molecule has 1 fully saturated rings. The molecule has 1 heterocycles. The van der Waals surface area contributed by atoms with Gasteiger partial charge in [-0.3, -0.25) is 0 Å². The van der Waals surface area contributed by atoms with Gasteiger partial charge in [0.2, 0.25) is 0 Å². The van der Waals surface area contributed by atoms with Gasteiger partial charge in [-0.2, -0.15) is 0 Å². The van der Waals surface area contributed by atoms with Crippen molar-refractivity contribution in [1.29, 1.82) is 0 Å². The fourth-order valence-electron chi connectivity index (χ4n) is 2.50. The lowest BCUT2D eigenvalue weighted by molar-refractivity contribution is 0.325. The minimum atomic E-state index is 0.295. The summed E-state index contributed by atoms with van der Waals surface area (Å²) in [6.45, 7) is 8.99. The maximum Gasteiger partial charge on any atom is 0.120 e. The van der Waals surface area contributed by atoms with Crippen molar-refractivity contribution in [3.8, 4) is 5.75 Å². The maximum atomic E-state index is 5.31. The van der Waals surface area contributed by atoms with Crippen molar-refractivity contribution >= 4 is 5.69 Å².